The van der Waals surface area contributed by atoms with Crippen LogP contribution in [0, 0.1) is 0 Å². The maximum atomic E-state index is 12.1. The van der Waals surface area contributed by atoms with E-state index in [1.54, 1.807) is 30.3 Å². The molecule has 0 radical (unpaired) electrons. The van der Waals surface area contributed by atoms with Crippen LogP contribution >= 0.6 is 0 Å². The molecule has 1 amide bonds. The molecule has 0 heterocycles. The van der Waals surface area contributed by atoms with Crippen molar-refractivity contribution in [1.29, 1.82) is 0 Å². The fourth-order valence-corrected chi connectivity index (χ4v) is 2.41. The van der Waals surface area contributed by atoms with Gasteiger partial charge in [0.1, 0.15) is 0 Å². The van der Waals surface area contributed by atoms with Crippen LogP contribution in [0.3, 0.4) is 0 Å². The minimum absolute atomic E-state index is 0.231. The molecule has 0 bridgehead atoms. The third kappa shape index (κ3) is 6.24. The molecule has 154 valence electrons. The molecule has 0 aliphatic heterocycles. The van der Waals surface area contributed by atoms with Crippen molar-refractivity contribution in [3.63, 3.8) is 0 Å². The number of methoxy groups -OCH3 is 2. The van der Waals surface area contributed by atoms with Gasteiger partial charge >= 0.3 is 11.9 Å². The molecule has 1 N–H and O–H groups in total. The molecule has 29 heavy (non-hydrogen) atoms. The van der Waals surface area contributed by atoms with Crippen LogP contribution in [-0.2, 0) is 20.8 Å². The van der Waals surface area contributed by atoms with Crippen molar-refractivity contribution >= 4 is 17.8 Å². The van der Waals surface area contributed by atoms with Gasteiger partial charge in [0, 0.05) is 6.54 Å². The third-order valence-electron chi connectivity index (χ3n) is 3.90. The first-order chi connectivity index (χ1) is 14.0. The van der Waals surface area contributed by atoms with Crippen LogP contribution in [-0.4, -0.2) is 45.3 Å². The molecule has 0 atom stereocenters. The van der Waals surface area contributed by atoms with E-state index in [-0.39, 0.29) is 12.1 Å². The number of esters is 2. The SMILES string of the molecule is CCOc1ccc(C(=O)OCC(=O)NCc2ccc(C(=O)OC)cc2)cc1OC. The summed E-state index contributed by atoms with van der Waals surface area (Å²) in [5.74, 6) is -0.612. The van der Waals surface area contributed by atoms with Crippen LogP contribution < -0.4 is 14.8 Å². The zero-order chi connectivity index (χ0) is 21.2. The topological polar surface area (TPSA) is 100 Å². The van der Waals surface area contributed by atoms with Gasteiger partial charge in [0.05, 0.1) is 32.0 Å². The largest absolute Gasteiger partial charge is 0.493 e. The van der Waals surface area contributed by atoms with E-state index in [1.807, 2.05) is 6.92 Å². The molecule has 2 rings (SSSR count). The predicted molar refractivity (Wildman–Crippen MR) is 104 cm³/mol. The summed E-state index contributed by atoms with van der Waals surface area (Å²) in [4.78, 5) is 35.5. The molecule has 2 aromatic rings. The van der Waals surface area contributed by atoms with E-state index in [9.17, 15) is 14.4 Å². The molecular formula is C21H23NO7. The number of nitrogens with one attached hydrogen (secondary N) is 1. The van der Waals surface area contributed by atoms with Crippen molar-refractivity contribution < 1.29 is 33.3 Å². The molecule has 0 aromatic heterocycles. The average Bonchev–Trinajstić information content (AvgIpc) is 2.76. The molecule has 0 aliphatic carbocycles. The summed E-state index contributed by atoms with van der Waals surface area (Å²) in [6, 6.07) is 11.2. The molecule has 8 nitrogen and oxygen atoms in total. The second-order valence-corrected chi connectivity index (χ2v) is 5.84. The summed E-state index contributed by atoms with van der Waals surface area (Å²) in [6.07, 6.45) is 0. The minimum Gasteiger partial charge on any atom is -0.493 e. The van der Waals surface area contributed by atoms with Gasteiger partial charge in [-0.2, -0.15) is 0 Å². The molecule has 0 spiro atoms. The van der Waals surface area contributed by atoms with Gasteiger partial charge in [-0.25, -0.2) is 9.59 Å². The monoisotopic (exact) mass is 401 g/mol. The average molecular weight is 401 g/mol. The first kappa shape index (κ1) is 21.7. The van der Waals surface area contributed by atoms with Crippen LogP contribution in [0.15, 0.2) is 42.5 Å². The highest BCUT2D eigenvalue weighted by molar-refractivity contribution is 5.92. The number of benzene rings is 2. The lowest BCUT2D eigenvalue weighted by Crippen LogP contribution is -2.28. The first-order valence-corrected chi connectivity index (χ1v) is 8.90. The Balaban J connectivity index is 1.84. The van der Waals surface area contributed by atoms with Crippen LogP contribution in [0.4, 0.5) is 0 Å². The van der Waals surface area contributed by atoms with Gasteiger partial charge in [0.25, 0.3) is 5.91 Å². The van der Waals surface area contributed by atoms with Crippen molar-refractivity contribution in [3.8, 4) is 11.5 Å². The Bertz CT molecular complexity index is 862. The lowest BCUT2D eigenvalue weighted by Gasteiger charge is -2.11. The van der Waals surface area contributed by atoms with Crippen LogP contribution in [0.25, 0.3) is 0 Å². The fraction of sp³-hybridized carbons (Fsp3) is 0.286. The van der Waals surface area contributed by atoms with E-state index >= 15 is 0 Å². The van der Waals surface area contributed by atoms with Crippen LogP contribution in [0.1, 0.15) is 33.2 Å². The Morgan fingerprint density at radius 2 is 1.59 bits per heavy atom. The summed E-state index contributed by atoms with van der Waals surface area (Å²) in [7, 11) is 2.78. The number of carbonyl (C=O) groups excluding carboxylic acids is 3. The van der Waals surface area contributed by atoms with Crippen molar-refractivity contribution in [2.75, 3.05) is 27.4 Å². The molecular weight excluding hydrogens is 378 g/mol. The zero-order valence-electron chi connectivity index (χ0n) is 16.5. The zero-order valence-corrected chi connectivity index (χ0v) is 16.5. The van der Waals surface area contributed by atoms with Crippen LogP contribution in [0.2, 0.25) is 0 Å². The van der Waals surface area contributed by atoms with Gasteiger partial charge in [-0.05, 0) is 42.8 Å². The summed E-state index contributed by atoms with van der Waals surface area (Å²) in [5.41, 5.74) is 1.45. The fourth-order valence-electron chi connectivity index (χ4n) is 2.41. The normalized spacial score (nSPS) is 10.0. The van der Waals surface area contributed by atoms with E-state index in [0.717, 1.165) is 5.56 Å². The maximum Gasteiger partial charge on any atom is 0.338 e. The van der Waals surface area contributed by atoms with E-state index < -0.39 is 24.5 Å². The summed E-state index contributed by atoms with van der Waals surface area (Å²) >= 11 is 0. The molecule has 2 aromatic carbocycles. The summed E-state index contributed by atoms with van der Waals surface area (Å²) < 4.78 is 20.2. The molecule has 0 fully saturated rings. The molecule has 0 saturated carbocycles. The van der Waals surface area contributed by atoms with Crippen molar-refractivity contribution in [2.24, 2.45) is 0 Å². The Morgan fingerprint density at radius 1 is 0.897 bits per heavy atom. The van der Waals surface area contributed by atoms with Gasteiger partial charge in [-0.15, -0.1) is 0 Å². The highest BCUT2D eigenvalue weighted by Gasteiger charge is 2.14. The van der Waals surface area contributed by atoms with E-state index in [2.05, 4.69) is 10.1 Å². The first-order valence-electron chi connectivity index (χ1n) is 8.90. The van der Waals surface area contributed by atoms with Crippen LogP contribution in [0.5, 0.6) is 11.5 Å². The highest BCUT2D eigenvalue weighted by Crippen LogP contribution is 2.28. The Kier molecular flexibility index (Phi) is 8.02. The standard InChI is InChI=1S/C21H23NO7/c1-4-28-17-10-9-16(11-18(17)26-2)21(25)29-13-19(23)22-12-14-5-7-15(8-6-14)20(24)27-3/h5-11H,4,12-13H2,1-3H3,(H,22,23). The van der Waals surface area contributed by atoms with Crippen molar-refractivity contribution in [3.05, 3.63) is 59.2 Å². The summed E-state index contributed by atoms with van der Waals surface area (Å²) in [6.45, 7) is 2.11. The predicted octanol–water partition coefficient (Wildman–Crippen LogP) is 2.35. The maximum absolute atomic E-state index is 12.1. The van der Waals surface area contributed by atoms with Crippen molar-refractivity contribution in [1.82, 2.24) is 5.32 Å². The number of carbonyl (C=O) groups is 3. The van der Waals surface area contributed by atoms with Gasteiger partial charge in [-0.3, -0.25) is 4.79 Å². The highest BCUT2D eigenvalue weighted by atomic mass is 16.5. The quantitative estimate of drug-likeness (QED) is 0.644. The van der Waals surface area contributed by atoms with E-state index in [1.165, 1.54) is 26.4 Å². The number of rotatable bonds is 9. The Labute approximate surface area is 168 Å². The minimum atomic E-state index is -0.649. The van der Waals surface area contributed by atoms with Gasteiger partial charge in [-0.1, -0.05) is 12.1 Å². The number of hydrogen-bond donors (Lipinski definition) is 1. The van der Waals surface area contributed by atoms with Gasteiger partial charge in [0.2, 0.25) is 0 Å². The second-order valence-electron chi connectivity index (χ2n) is 5.84. The lowest BCUT2D eigenvalue weighted by molar-refractivity contribution is -0.124. The second kappa shape index (κ2) is 10.7. The van der Waals surface area contributed by atoms with Gasteiger partial charge < -0.3 is 24.3 Å². The molecule has 8 heteroatoms. The number of hydrogen-bond acceptors (Lipinski definition) is 7. The smallest absolute Gasteiger partial charge is 0.338 e. The lowest BCUT2D eigenvalue weighted by atomic mass is 10.1. The summed E-state index contributed by atoms with van der Waals surface area (Å²) in [5, 5.41) is 2.64. The number of ether oxygens (including phenoxy) is 4. The Hall–Kier alpha value is -3.55. The Morgan fingerprint density at radius 3 is 2.21 bits per heavy atom. The third-order valence-corrected chi connectivity index (χ3v) is 3.90. The van der Waals surface area contributed by atoms with E-state index in [4.69, 9.17) is 14.2 Å². The van der Waals surface area contributed by atoms with E-state index in [0.29, 0.717) is 23.7 Å². The molecule has 0 aliphatic rings. The molecule has 0 saturated heterocycles. The van der Waals surface area contributed by atoms with Crippen molar-refractivity contribution in [2.45, 2.75) is 13.5 Å². The van der Waals surface area contributed by atoms with Gasteiger partial charge in [0.15, 0.2) is 18.1 Å². The molecule has 0 unspecified atom stereocenters. The number of amides is 1.